The minimum atomic E-state index is -0.0565. The molecule has 21 heavy (non-hydrogen) atoms. The fourth-order valence-corrected chi connectivity index (χ4v) is 3.39. The van der Waals surface area contributed by atoms with E-state index in [1.54, 1.807) is 0 Å². The number of piperidine rings is 1. The molecular weight excluding hydrogens is 264 g/mol. The van der Waals surface area contributed by atoms with Crippen LogP contribution in [0.2, 0.25) is 0 Å². The van der Waals surface area contributed by atoms with E-state index in [4.69, 9.17) is 4.74 Å². The zero-order chi connectivity index (χ0) is 14.7. The number of carbonyl (C=O) groups excluding carboxylic acids is 1. The second-order valence-electron chi connectivity index (χ2n) is 6.00. The monoisotopic (exact) mass is 288 g/mol. The predicted octanol–water partition coefficient (Wildman–Crippen LogP) is 2.68. The summed E-state index contributed by atoms with van der Waals surface area (Å²) in [7, 11) is 1.48. The maximum atomic E-state index is 11.6. The zero-order valence-corrected chi connectivity index (χ0v) is 12.8. The predicted molar refractivity (Wildman–Crippen MR) is 84.8 cm³/mol. The van der Waals surface area contributed by atoms with Crippen molar-refractivity contribution >= 4 is 17.3 Å². The van der Waals surface area contributed by atoms with Gasteiger partial charge >= 0.3 is 5.97 Å². The van der Waals surface area contributed by atoms with Crippen molar-refractivity contribution < 1.29 is 9.53 Å². The highest BCUT2D eigenvalue weighted by Gasteiger charge is 2.25. The van der Waals surface area contributed by atoms with Gasteiger partial charge in [0.15, 0.2) is 0 Å². The van der Waals surface area contributed by atoms with E-state index in [2.05, 4.69) is 34.1 Å². The Bertz CT molecular complexity index is 472. The van der Waals surface area contributed by atoms with Crippen molar-refractivity contribution in [3.05, 3.63) is 24.3 Å². The molecule has 0 atom stereocenters. The molecular formula is C17H24N2O2. The third-order valence-corrected chi connectivity index (χ3v) is 4.72. The van der Waals surface area contributed by atoms with Gasteiger partial charge in [-0.25, -0.2) is 0 Å². The third-order valence-electron chi connectivity index (χ3n) is 4.72. The lowest BCUT2D eigenvalue weighted by atomic mass is 9.96. The molecule has 2 aliphatic rings. The van der Waals surface area contributed by atoms with Crippen LogP contribution in [0, 0.1) is 5.92 Å². The Morgan fingerprint density at radius 1 is 0.952 bits per heavy atom. The van der Waals surface area contributed by atoms with Gasteiger partial charge in [-0.1, -0.05) is 0 Å². The van der Waals surface area contributed by atoms with Crippen LogP contribution in [0.5, 0.6) is 0 Å². The summed E-state index contributed by atoms with van der Waals surface area (Å²) < 4.78 is 4.84. The number of esters is 1. The molecule has 0 N–H and O–H groups in total. The van der Waals surface area contributed by atoms with Crippen molar-refractivity contribution in [3.8, 4) is 0 Å². The summed E-state index contributed by atoms with van der Waals surface area (Å²) in [6.45, 7) is 4.24. The number of rotatable bonds is 3. The molecule has 1 aromatic carbocycles. The average Bonchev–Trinajstić information content (AvgIpc) is 3.09. The van der Waals surface area contributed by atoms with Crippen molar-refractivity contribution in [2.24, 2.45) is 5.92 Å². The van der Waals surface area contributed by atoms with Crippen molar-refractivity contribution in [2.75, 3.05) is 43.1 Å². The molecule has 0 amide bonds. The van der Waals surface area contributed by atoms with Crippen molar-refractivity contribution in [3.63, 3.8) is 0 Å². The summed E-state index contributed by atoms with van der Waals surface area (Å²) in [5.41, 5.74) is 2.60. The molecule has 4 nitrogen and oxygen atoms in total. The van der Waals surface area contributed by atoms with E-state index >= 15 is 0 Å². The lowest BCUT2D eigenvalue weighted by molar-refractivity contribution is -0.146. The van der Waals surface area contributed by atoms with Gasteiger partial charge in [0.05, 0.1) is 13.0 Å². The van der Waals surface area contributed by atoms with Crippen molar-refractivity contribution in [1.29, 1.82) is 0 Å². The molecule has 4 heteroatoms. The minimum absolute atomic E-state index is 0.0565. The number of nitrogens with zero attached hydrogens (tertiary/aromatic N) is 2. The number of carbonyl (C=O) groups is 1. The Kier molecular flexibility index (Phi) is 4.32. The van der Waals surface area contributed by atoms with Gasteiger partial charge in [0.1, 0.15) is 0 Å². The van der Waals surface area contributed by atoms with E-state index in [0.29, 0.717) is 0 Å². The second kappa shape index (κ2) is 6.37. The minimum Gasteiger partial charge on any atom is -0.469 e. The number of benzene rings is 1. The van der Waals surface area contributed by atoms with Gasteiger partial charge in [-0.05, 0) is 49.9 Å². The SMILES string of the molecule is COC(=O)C1CCN(c2ccc(N3CCCC3)cc2)CC1. The molecule has 0 aromatic heterocycles. The molecule has 1 aromatic rings. The van der Waals surface area contributed by atoms with Crippen molar-refractivity contribution in [1.82, 2.24) is 0 Å². The van der Waals surface area contributed by atoms with E-state index in [1.807, 2.05) is 0 Å². The Morgan fingerprint density at radius 3 is 1.90 bits per heavy atom. The molecule has 0 bridgehead atoms. The molecule has 2 aliphatic heterocycles. The number of hydrogen-bond donors (Lipinski definition) is 0. The fraction of sp³-hybridized carbons (Fsp3) is 0.588. The molecule has 2 fully saturated rings. The quantitative estimate of drug-likeness (QED) is 0.801. The summed E-state index contributed by atoms with van der Waals surface area (Å²) in [5, 5.41) is 0. The maximum absolute atomic E-state index is 11.6. The van der Waals surface area contributed by atoms with Gasteiger partial charge in [-0.3, -0.25) is 4.79 Å². The summed E-state index contributed by atoms with van der Waals surface area (Å²) >= 11 is 0. The van der Waals surface area contributed by atoms with E-state index in [9.17, 15) is 4.79 Å². The van der Waals surface area contributed by atoms with Gasteiger partial charge in [-0.2, -0.15) is 0 Å². The summed E-state index contributed by atoms with van der Waals surface area (Å²) in [6.07, 6.45) is 4.40. The number of anilines is 2. The lowest BCUT2D eigenvalue weighted by Gasteiger charge is -2.32. The van der Waals surface area contributed by atoms with Crippen LogP contribution in [0.3, 0.4) is 0 Å². The van der Waals surface area contributed by atoms with E-state index < -0.39 is 0 Å². The Morgan fingerprint density at radius 2 is 1.43 bits per heavy atom. The highest BCUT2D eigenvalue weighted by atomic mass is 16.5. The Balaban J connectivity index is 1.59. The number of ether oxygens (including phenoxy) is 1. The first-order valence-electron chi connectivity index (χ1n) is 7.96. The van der Waals surface area contributed by atoms with Crippen LogP contribution in [-0.4, -0.2) is 39.3 Å². The smallest absolute Gasteiger partial charge is 0.308 e. The van der Waals surface area contributed by atoms with Crippen molar-refractivity contribution in [2.45, 2.75) is 25.7 Å². The van der Waals surface area contributed by atoms with Crippen LogP contribution in [0.4, 0.5) is 11.4 Å². The first kappa shape index (κ1) is 14.2. The highest BCUT2D eigenvalue weighted by molar-refractivity contribution is 5.72. The first-order chi connectivity index (χ1) is 10.3. The zero-order valence-electron chi connectivity index (χ0n) is 12.8. The standard InChI is InChI=1S/C17H24N2O2/c1-21-17(20)14-8-12-19(13-9-14)16-6-4-15(5-7-16)18-10-2-3-11-18/h4-7,14H,2-3,8-13H2,1H3. The van der Waals surface area contributed by atoms with E-state index in [0.717, 1.165) is 25.9 Å². The molecule has 0 radical (unpaired) electrons. The van der Waals surface area contributed by atoms with Gasteiger partial charge in [-0.15, -0.1) is 0 Å². The first-order valence-corrected chi connectivity index (χ1v) is 7.96. The third kappa shape index (κ3) is 3.14. The van der Waals surface area contributed by atoms with E-state index in [-0.39, 0.29) is 11.9 Å². The largest absolute Gasteiger partial charge is 0.469 e. The topological polar surface area (TPSA) is 32.8 Å². The molecule has 0 aliphatic carbocycles. The molecule has 0 spiro atoms. The van der Waals surface area contributed by atoms with Crippen LogP contribution in [-0.2, 0) is 9.53 Å². The number of methoxy groups -OCH3 is 1. The molecule has 0 saturated carbocycles. The molecule has 114 valence electrons. The van der Waals surface area contributed by atoms with Gasteiger partial charge in [0, 0.05) is 37.6 Å². The average molecular weight is 288 g/mol. The van der Waals surface area contributed by atoms with Crippen LogP contribution < -0.4 is 9.80 Å². The van der Waals surface area contributed by atoms with Gasteiger partial charge in [0.2, 0.25) is 0 Å². The van der Waals surface area contributed by atoms with Crippen LogP contribution in [0.15, 0.2) is 24.3 Å². The van der Waals surface area contributed by atoms with Gasteiger partial charge < -0.3 is 14.5 Å². The highest BCUT2D eigenvalue weighted by Crippen LogP contribution is 2.27. The van der Waals surface area contributed by atoms with Crippen LogP contribution >= 0.6 is 0 Å². The molecule has 3 rings (SSSR count). The van der Waals surface area contributed by atoms with E-state index in [1.165, 1.54) is 44.4 Å². The van der Waals surface area contributed by atoms with Gasteiger partial charge in [0.25, 0.3) is 0 Å². The summed E-state index contributed by atoms with van der Waals surface area (Å²) in [5.74, 6) is 0.0224. The molecule has 0 unspecified atom stereocenters. The summed E-state index contributed by atoms with van der Waals surface area (Å²) in [6, 6.07) is 8.89. The molecule has 2 saturated heterocycles. The normalized spacial score (nSPS) is 19.9. The number of hydrogen-bond acceptors (Lipinski definition) is 4. The Labute approximate surface area is 126 Å². The molecule has 2 heterocycles. The van der Waals surface area contributed by atoms with Crippen LogP contribution in [0.1, 0.15) is 25.7 Å². The maximum Gasteiger partial charge on any atom is 0.308 e. The Hall–Kier alpha value is -1.71. The van der Waals surface area contributed by atoms with Crippen LogP contribution in [0.25, 0.3) is 0 Å². The second-order valence-corrected chi connectivity index (χ2v) is 6.00. The lowest BCUT2D eigenvalue weighted by Crippen LogP contribution is -2.36. The fourth-order valence-electron chi connectivity index (χ4n) is 3.39. The summed E-state index contributed by atoms with van der Waals surface area (Å²) in [4.78, 5) is 16.4.